The number of aryl methyl sites for hydroxylation is 2. The zero-order valence-corrected chi connectivity index (χ0v) is 20.2. The molecule has 1 amide bonds. The molecule has 160 valence electrons. The first-order valence-electron chi connectivity index (χ1n) is 10.2. The molecule has 3 aromatic carbocycles. The number of hydrogen-bond acceptors (Lipinski definition) is 4. The zero-order chi connectivity index (χ0) is 22.6. The Bertz CT molecular complexity index is 1430. The molecule has 0 saturated heterocycles. The standard InChI is InChI=1S/C26H20BrNO3S/c1-14-12-20-21(13-15(14)2)31-25-22(24(20)29)23(16-4-10-19(32-3)11-5-16)28(26(25)30)18-8-6-17(27)7-9-18/h4-13,23H,1-3H3. The number of benzene rings is 3. The molecule has 5 rings (SSSR count). The fourth-order valence-corrected chi connectivity index (χ4v) is 4.87. The minimum absolute atomic E-state index is 0.118. The molecule has 0 radical (unpaired) electrons. The summed E-state index contributed by atoms with van der Waals surface area (Å²) in [5, 5.41) is 0.503. The maximum Gasteiger partial charge on any atom is 0.295 e. The highest BCUT2D eigenvalue weighted by atomic mass is 79.9. The first-order valence-corrected chi connectivity index (χ1v) is 12.2. The van der Waals surface area contributed by atoms with Gasteiger partial charge in [0.1, 0.15) is 5.58 Å². The van der Waals surface area contributed by atoms with Crippen molar-refractivity contribution in [2.45, 2.75) is 24.8 Å². The van der Waals surface area contributed by atoms with Gasteiger partial charge in [0, 0.05) is 15.1 Å². The number of hydrogen-bond donors (Lipinski definition) is 0. The van der Waals surface area contributed by atoms with Crippen LogP contribution in [0.5, 0.6) is 0 Å². The molecule has 1 aliphatic heterocycles. The van der Waals surface area contributed by atoms with E-state index in [1.807, 2.05) is 80.8 Å². The molecule has 4 nitrogen and oxygen atoms in total. The van der Waals surface area contributed by atoms with Crippen LogP contribution in [0.25, 0.3) is 11.0 Å². The van der Waals surface area contributed by atoms with E-state index in [4.69, 9.17) is 4.42 Å². The number of fused-ring (bicyclic) bond motifs is 2. The van der Waals surface area contributed by atoms with Crippen LogP contribution in [0.2, 0.25) is 0 Å². The van der Waals surface area contributed by atoms with Gasteiger partial charge in [0.15, 0.2) is 5.43 Å². The Labute approximate surface area is 198 Å². The minimum atomic E-state index is -0.558. The number of halogens is 1. The Hall–Kier alpha value is -2.83. The molecule has 0 saturated carbocycles. The summed E-state index contributed by atoms with van der Waals surface area (Å²) >= 11 is 5.10. The number of amides is 1. The molecule has 1 unspecified atom stereocenters. The van der Waals surface area contributed by atoms with Gasteiger partial charge < -0.3 is 4.42 Å². The Morgan fingerprint density at radius 1 is 0.938 bits per heavy atom. The fourth-order valence-electron chi connectivity index (χ4n) is 4.20. The van der Waals surface area contributed by atoms with E-state index >= 15 is 0 Å². The number of rotatable bonds is 3. The molecule has 32 heavy (non-hydrogen) atoms. The Morgan fingerprint density at radius 3 is 2.25 bits per heavy atom. The van der Waals surface area contributed by atoms with Gasteiger partial charge in [-0.25, -0.2) is 0 Å². The molecule has 1 aliphatic rings. The SMILES string of the molecule is CSc1ccc(C2c3c(oc4cc(C)c(C)cc4c3=O)C(=O)N2c2ccc(Br)cc2)cc1. The summed E-state index contributed by atoms with van der Waals surface area (Å²) in [5.41, 5.74) is 4.29. The van der Waals surface area contributed by atoms with Gasteiger partial charge in [-0.05, 0) is 85.3 Å². The highest BCUT2D eigenvalue weighted by Gasteiger charge is 2.43. The first-order chi connectivity index (χ1) is 15.4. The van der Waals surface area contributed by atoms with Crippen LogP contribution >= 0.6 is 27.7 Å². The predicted octanol–water partition coefficient (Wildman–Crippen LogP) is 6.64. The fraction of sp³-hybridized carbons (Fsp3) is 0.154. The minimum Gasteiger partial charge on any atom is -0.450 e. The van der Waals surface area contributed by atoms with Gasteiger partial charge in [-0.15, -0.1) is 11.8 Å². The van der Waals surface area contributed by atoms with E-state index in [-0.39, 0.29) is 17.1 Å². The average molecular weight is 506 g/mol. The molecule has 0 bridgehead atoms. The third-order valence-electron chi connectivity index (χ3n) is 6.02. The molecule has 2 heterocycles. The van der Waals surface area contributed by atoms with E-state index < -0.39 is 6.04 Å². The molecule has 0 fully saturated rings. The lowest BCUT2D eigenvalue weighted by molar-refractivity contribution is 0.0971. The van der Waals surface area contributed by atoms with Gasteiger partial charge in [0.25, 0.3) is 5.91 Å². The van der Waals surface area contributed by atoms with Crippen LogP contribution in [0.15, 0.2) is 79.2 Å². The highest BCUT2D eigenvalue weighted by Crippen LogP contribution is 2.42. The van der Waals surface area contributed by atoms with Gasteiger partial charge >= 0.3 is 0 Å². The number of nitrogens with zero attached hydrogens (tertiary/aromatic N) is 1. The lowest BCUT2D eigenvalue weighted by Crippen LogP contribution is -2.29. The third kappa shape index (κ3) is 3.29. The molecule has 1 atom stereocenters. The Morgan fingerprint density at radius 2 is 1.59 bits per heavy atom. The lowest BCUT2D eigenvalue weighted by Gasteiger charge is -2.25. The summed E-state index contributed by atoms with van der Waals surface area (Å²) in [4.78, 5) is 30.1. The van der Waals surface area contributed by atoms with Gasteiger partial charge in [-0.2, -0.15) is 0 Å². The van der Waals surface area contributed by atoms with Crippen molar-refractivity contribution in [1.82, 2.24) is 0 Å². The summed E-state index contributed by atoms with van der Waals surface area (Å²) in [7, 11) is 0. The van der Waals surface area contributed by atoms with Crippen molar-refractivity contribution in [2.24, 2.45) is 0 Å². The maximum atomic E-state index is 13.7. The van der Waals surface area contributed by atoms with Crippen molar-refractivity contribution in [1.29, 1.82) is 0 Å². The molecule has 0 spiro atoms. The van der Waals surface area contributed by atoms with Crippen LogP contribution in [0.4, 0.5) is 5.69 Å². The van der Waals surface area contributed by atoms with Gasteiger partial charge in [-0.3, -0.25) is 14.5 Å². The average Bonchev–Trinajstić information content (AvgIpc) is 3.08. The topological polar surface area (TPSA) is 50.5 Å². The van der Waals surface area contributed by atoms with Crippen molar-refractivity contribution >= 4 is 50.3 Å². The van der Waals surface area contributed by atoms with Crippen LogP contribution < -0.4 is 10.3 Å². The normalized spacial score (nSPS) is 15.4. The van der Waals surface area contributed by atoms with Crippen LogP contribution in [-0.2, 0) is 0 Å². The van der Waals surface area contributed by atoms with Crippen LogP contribution in [-0.4, -0.2) is 12.2 Å². The third-order valence-corrected chi connectivity index (χ3v) is 7.30. The number of carbonyl (C=O) groups is 1. The largest absolute Gasteiger partial charge is 0.450 e. The Kier molecular flexibility index (Phi) is 5.22. The van der Waals surface area contributed by atoms with Gasteiger partial charge in [0.2, 0.25) is 5.76 Å². The van der Waals surface area contributed by atoms with Gasteiger partial charge in [0.05, 0.1) is 17.0 Å². The second kappa shape index (κ2) is 7.94. The zero-order valence-electron chi connectivity index (χ0n) is 17.8. The lowest BCUT2D eigenvalue weighted by atomic mass is 9.97. The maximum absolute atomic E-state index is 13.7. The van der Waals surface area contributed by atoms with E-state index in [1.165, 1.54) is 0 Å². The van der Waals surface area contributed by atoms with Gasteiger partial charge in [-0.1, -0.05) is 28.1 Å². The van der Waals surface area contributed by atoms with Crippen molar-refractivity contribution in [3.8, 4) is 0 Å². The molecule has 0 aliphatic carbocycles. The van der Waals surface area contributed by atoms with E-state index in [9.17, 15) is 9.59 Å². The van der Waals surface area contributed by atoms with Crippen molar-refractivity contribution in [3.63, 3.8) is 0 Å². The molecule has 1 aromatic heterocycles. The number of anilines is 1. The number of carbonyl (C=O) groups excluding carboxylic acids is 1. The highest BCUT2D eigenvalue weighted by molar-refractivity contribution is 9.10. The molecular formula is C26H20BrNO3S. The molecule has 0 N–H and O–H groups in total. The smallest absolute Gasteiger partial charge is 0.295 e. The monoisotopic (exact) mass is 505 g/mol. The summed E-state index contributed by atoms with van der Waals surface area (Å²) in [6, 6.07) is 18.6. The quantitative estimate of drug-likeness (QED) is 0.292. The van der Waals surface area contributed by atoms with E-state index in [0.717, 1.165) is 26.1 Å². The number of thioether (sulfide) groups is 1. The summed E-state index contributed by atoms with van der Waals surface area (Å²) in [6.45, 7) is 3.94. The molecular weight excluding hydrogens is 486 g/mol. The molecule has 6 heteroatoms. The van der Waals surface area contributed by atoms with Crippen molar-refractivity contribution in [2.75, 3.05) is 11.2 Å². The van der Waals surface area contributed by atoms with E-state index in [0.29, 0.717) is 22.2 Å². The van der Waals surface area contributed by atoms with Crippen LogP contribution in [0.1, 0.15) is 38.9 Å². The van der Waals surface area contributed by atoms with Crippen LogP contribution in [0.3, 0.4) is 0 Å². The first kappa shape index (κ1) is 21.0. The van der Waals surface area contributed by atoms with Crippen LogP contribution in [0, 0.1) is 13.8 Å². The van der Waals surface area contributed by atoms with E-state index in [1.54, 1.807) is 16.7 Å². The van der Waals surface area contributed by atoms with E-state index in [2.05, 4.69) is 15.9 Å². The second-order valence-corrected chi connectivity index (χ2v) is 9.73. The summed E-state index contributed by atoms with van der Waals surface area (Å²) < 4.78 is 7.01. The van der Waals surface area contributed by atoms with Crippen molar-refractivity contribution < 1.29 is 9.21 Å². The summed E-state index contributed by atoms with van der Waals surface area (Å²) in [6.07, 6.45) is 2.02. The molecule has 4 aromatic rings. The predicted molar refractivity (Wildman–Crippen MR) is 133 cm³/mol. The summed E-state index contributed by atoms with van der Waals surface area (Å²) in [5.74, 6) is -0.189. The Balaban J connectivity index is 1.80. The second-order valence-electron chi connectivity index (χ2n) is 7.93. The van der Waals surface area contributed by atoms with Crippen molar-refractivity contribution in [3.05, 3.63) is 103 Å².